The highest BCUT2D eigenvalue weighted by atomic mass is 16.5. The number of nitrogens with zero attached hydrogens (tertiary/aromatic N) is 1. The monoisotopic (exact) mass is 270 g/mol. The van der Waals surface area contributed by atoms with Crippen LogP contribution >= 0.6 is 0 Å². The number of likely N-dealkylation sites (tertiary alicyclic amines) is 1. The molecule has 0 radical (unpaired) electrons. The molecule has 0 aromatic carbocycles. The maximum absolute atomic E-state index is 12.4. The van der Waals surface area contributed by atoms with Crippen molar-refractivity contribution in [3.63, 3.8) is 0 Å². The molecule has 0 unspecified atom stereocenters. The normalized spacial score (nSPS) is 22.9. The Bertz CT molecular complexity index is 341. The summed E-state index contributed by atoms with van der Waals surface area (Å²) in [6, 6.07) is 0. The Kier molecular flexibility index (Phi) is 4.42. The average molecular weight is 270 g/mol. The number of rotatable bonds is 5. The number of carbonyl (C=O) groups is 2. The highest BCUT2D eigenvalue weighted by Crippen LogP contribution is 2.42. The number of ether oxygens (including phenoxy) is 1. The van der Waals surface area contributed by atoms with E-state index < -0.39 is 5.97 Å². The fraction of sp³-hybridized carbons (Fsp3) is 0.846. The average Bonchev–Trinajstić information content (AvgIpc) is 2.36. The summed E-state index contributed by atoms with van der Waals surface area (Å²) < 4.78 is 5.26. The molecule has 0 aromatic rings. The Morgan fingerprint density at radius 3 is 2.37 bits per heavy atom. The van der Waals surface area contributed by atoms with Crippen molar-refractivity contribution in [1.82, 2.24) is 4.90 Å². The summed E-state index contributed by atoms with van der Waals surface area (Å²) in [5, 5.41) is 8.56. The Balaban J connectivity index is 1.79. The van der Waals surface area contributed by atoms with Crippen LogP contribution < -0.4 is 5.73 Å². The number of piperidine rings is 1. The van der Waals surface area contributed by atoms with Gasteiger partial charge < -0.3 is 20.5 Å². The van der Waals surface area contributed by atoms with Crippen LogP contribution in [-0.4, -0.2) is 54.2 Å². The van der Waals surface area contributed by atoms with Gasteiger partial charge in [0.25, 0.3) is 0 Å². The van der Waals surface area contributed by atoms with Crippen LogP contribution in [0.3, 0.4) is 0 Å². The number of hydrogen-bond acceptors (Lipinski definition) is 4. The lowest BCUT2D eigenvalue weighted by atomic mass is 9.67. The number of amides is 1. The number of nitrogens with two attached hydrogens (primary N) is 1. The van der Waals surface area contributed by atoms with E-state index in [0.717, 1.165) is 19.3 Å². The molecule has 1 saturated carbocycles. The van der Waals surface area contributed by atoms with Crippen LogP contribution in [0.15, 0.2) is 0 Å². The molecule has 108 valence electrons. The summed E-state index contributed by atoms with van der Waals surface area (Å²) in [7, 11) is 0. The Hall–Kier alpha value is -1.14. The lowest BCUT2D eigenvalue weighted by molar-refractivity contribution is -0.152. The molecule has 1 aliphatic carbocycles. The van der Waals surface area contributed by atoms with Crippen molar-refractivity contribution < 1.29 is 19.4 Å². The van der Waals surface area contributed by atoms with E-state index >= 15 is 0 Å². The first-order chi connectivity index (χ1) is 9.07. The largest absolute Gasteiger partial charge is 0.480 e. The van der Waals surface area contributed by atoms with Gasteiger partial charge in [-0.15, -0.1) is 0 Å². The van der Waals surface area contributed by atoms with Crippen LogP contribution in [0.25, 0.3) is 0 Å². The second kappa shape index (κ2) is 5.88. The van der Waals surface area contributed by atoms with Crippen LogP contribution in [0, 0.1) is 5.41 Å². The van der Waals surface area contributed by atoms with Gasteiger partial charge in [-0.1, -0.05) is 6.42 Å². The number of hydrogen-bond donors (Lipinski definition) is 2. The highest BCUT2D eigenvalue weighted by Gasteiger charge is 2.45. The summed E-state index contributed by atoms with van der Waals surface area (Å²) in [5.74, 6) is -0.770. The SMILES string of the molecule is NCC1(C(=O)N2CCC(OCC(=O)O)CC2)CCC1. The number of carboxylic acid groups (broad SMARTS) is 1. The zero-order valence-corrected chi connectivity index (χ0v) is 11.1. The number of aliphatic carboxylic acids is 1. The van der Waals surface area contributed by atoms with Gasteiger partial charge in [-0.2, -0.15) is 0 Å². The van der Waals surface area contributed by atoms with Crippen molar-refractivity contribution in [3.8, 4) is 0 Å². The molecular weight excluding hydrogens is 248 g/mol. The van der Waals surface area contributed by atoms with E-state index in [1.807, 2.05) is 4.90 Å². The molecule has 2 fully saturated rings. The van der Waals surface area contributed by atoms with E-state index in [2.05, 4.69) is 0 Å². The maximum atomic E-state index is 12.4. The van der Waals surface area contributed by atoms with Crippen molar-refractivity contribution in [2.45, 2.75) is 38.2 Å². The van der Waals surface area contributed by atoms with Crippen LogP contribution in [0.2, 0.25) is 0 Å². The van der Waals surface area contributed by atoms with Gasteiger partial charge in [0.1, 0.15) is 6.61 Å². The minimum Gasteiger partial charge on any atom is -0.480 e. The molecule has 19 heavy (non-hydrogen) atoms. The van der Waals surface area contributed by atoms with Crippen molar-refractivity contribution in [2.75, 3.05) is 26.2 Å². The third kappa shape index (κ3) is 3.06. The molecule has 0 aromatic heterocycles. The van der Waals surface area contributed by atoms with Crippen molar-refractivity contribution in [1.29, 1.82) is 0 Å². The first-order valence-electron chi connectivity index (χ1n) is 6.90. The molecule has 0 atom stereocenters. The molecule has 6 heteroatoms. The number of carboxylic acids is 1. The van der Waals surface area contributed by atoms with Crippen LogP contribution in [-0.2, 0) is 14.3 Å². The third-order valence-electron chi connectivity index (χ3n) is 4.33. The third-order valence-corrected chi connectivity index (χ3v) is 4.33. The molecule has 1 saturated heterocycles. The second-order valence-corrected chi connectivity index (χ2v) is 5.53. The van der Waals surface area contributed by atoms with Crippen molar-refractivity contribution in [3.05, 3.63) is 0 Å². The first-order valence-corrected chi connectivity index (χ1v) is 6.90. The van der Waals surface area contributed by atoms with Gasteiger partial charge in [0.05, 0.1) is 11.5 Å². The van der Waals surface area contributed by atoms with Gasteiger partial charge in [-0.25, -0.2) is 4.79 Å². The second-order valence-electron chi connectivity index (χ2n) is 5.53. The zero-order chi connectivity index (χ0) is 13.9. The molecule has 2 rings (SSSR count). The first kappa shape index (κ1) is 14.3. The predicted molar refractivity (Wildman–Crippen MR) is 68.5 cm³/mol. The lowest BCUT2D eigenvalue weighted by Gasteiger charge is -2.44. The van der Waals surface area contributed by atoms with E-state index in [9.17, 15) is 9.59 Å². The maximum Gasteiger partial charge on any atom is 0.329 e. The van der Waals surface area contributed by atoms with Crippen LogP contribution in [0.1, 0.15) is 32.1 Å². The van der Waals surface area contributed by atoms with E-state index in [0.29, 0.717) is 32.5 Å². The summed E-state index contributed by atoms with van der Waals surface area (Å²) in [6.45, 7) is 1.46. The van der Waals surface area contributed by atoms with Crippen LogP contribution in [0.4, 0.5) is 0 Å². The molecule has 3 N–H and O–H groups in total. The topological polar surface area (TPSA) is 92.9 Å². The Labute approximate surface area is 112 Å². The van der Waals surface area contributed by atoms with Gasteiger partial charge >= 0.3 is 5.97 Å². The Morgan fingerprint density at radius 1 is 1.32 bits per heavy atom. The summed E-state index contributed by atoms with van der Waals surface area (Å²) in [5.41, 5.74) is 5.44. The van der Waals surface area contributed by atoms with E-state index in [1.165, 1.54) is 0 Å². The molecule has 0 bridgehead atoms. The quantitative estimate of drug-likeness (QED) is 0.745. The standard InChI is InChI=1S/C13H22N2O4/c14-9-13(4-1-5-13)12(18)15-6-2-10(3-7-15)19-8-11(16)17/h10H,1-9,14H2,(H,16,17). The van der Waals surface area contributed by atoms with Crippen molar-refractivity contribution >= 4 is 11.9 Å². The predicted octanol–water partition coefficient (Wildman–Crippen LogP) is 0.208. The Morgan fingerprint density at radius 2 is 1.95 bits per heavy atom. The number of carbonyl (C=O) groups excluding carboxylic acids is 1. The lowest BCUT2D eigenvalue weighted by Crippen LogP contribution is -2.54. The van der Waals surface area contributed by atoms with Gasteiger partial charge in [0, 0.05) is 19.6 Å². The molecule has 1 amide bonds. The van der Waals surface area contributed by atoms with E-state index in [1.54, 1.807) is 0 Å². The van der Waals surface area contributed by atoms with Crippen molar-refractivity contribution in [2.24, 2.45) is 11.1 Å². The minimum absolute atomic E-state index is 0.0460. The smallest absolute Gasteiger partial charge is 0.329 e. The zero-order valence-electron chi connectivity index (χ0n) is 11.1. The molecule has 0 spiro atoms. The van der Waals surface area contributed by atoms with E-state index in [4.69, 9.17) is 15.6 Å². The molecular formula is C13H22N2O4. The molecule has 1 heterocycles. The van der Waals surface area contributed by atoms with Gasteiger partial charge in [0.2, 0.25) is 5.91 Å². The van der Waals surface area contributed by atoms with Gasteiger partial charge in [-0.05, 0) is 25.7 Å². The van der Waals surface area contributed by atoms with E-state index in [-0.39, 0.29) is 24.0 Å². The fourth-order valence-corrected chi connectivity index (χ4v) is 2.86. The summed E-state index contributed by atoms with van der Waals surface area (Å²) in [4.78, 5) is 24.7. The highest BCUT2D eigenvalue weighted by molar-refractivity contribution is 5.84. The summed E-state index contributed by atoms with van der Waals surface area (Å²) in [6.07, 6.45) is 4.26. The molecule has 1 aliphatic heterocycles. The summed E-state index contributed by atoms with van der Waals surface area (Å²) >= 11 is 0. The van der Waals surface area contributed by atoms with Crippen LogP contribution in [0.5, 0.6) is 0 Å². The minimum atomic E-state index is -0.949. The molecule has 6 nitrogen and oxygen atoms in total. The fourth-order valence-electron chi connectivity index (χ4n) is 2.86. The molecule has 2 aliphatic rings. The van der Waals surface area contributed by atoms with Gasteiger partial charge in [-0.3, -0.25) is 4.79 Å². The van der Waals surface area contributed by atoms with Gasteiger partial charge in [0.15, 0.2) is 0 Å².